The van der Waals surface area contributed by atoms with Crippen LogP contribution in [-0.2, 0) is 19.1 Å². The van der Waals surface area contributed by atoms with E-state index in [2.05, 4.69) is 10.1 Å². The highest BCUT2D eigenvalue weighted by molar-refractivity contribution is 5.95. The number of carboxylic acid groups (broad SMARTS) is 1. The predicted octanol–water partition coefficient (Wildman–Crippen LogP) is 0.111. The molecular weight excluding hydrogens is 214 g/mol. The number of carbonyl (C=O) groups is 2. The zero-order valence-corrected chi connectivity index (χ0v) is 8.44. The number of hydrogen-bond acceptors (Lipinski definition) is 5. The Morgan fingerprint density at radius 1 is 1.62 bits per heavy atom. The number of esters is 1. The van der Waals surface area contributed by atoms with Gasteiger partial charge in [-0.3, -0.25) is 0 Å². The van der Waals surface area contributed by atoms with Crippen molar-refractivity contribution in [2.24, 2.45) is 0 Å². The van der Waals surface area contributed by atoms with E-state index in [0.717, 1.165) is 0 Å². The minimum Gasteiger partial charge on any atom is -0.478 e. The molecule has 0 spiro atoms. The Morgan fingerprint density at radius 3 is 2.88 bits per heavy atom. The second-order valence-corrected chi connectivity index (χ2v) is 3.04. The SMILES string of the molecule is CC1=C(C(=O)O)CC(C(=O)OC=C=O)=CN1. The average molecular weight is 223 g/mol. The van der Waals surface area contributed by atoms with E-state index < -0.39 is 11.9 Å². The van der Waals surface area contributed by atoms with Crippen LogP contribution in [0, 0.1) is 0 Å². The van der Waals surface area contributed by atoms with Crippen molar-refractivity contribution in [3.63, 3.8) is 0 Å². The van der Waals surface area contributed by atoms with Gasteiger partial charge in [-0.15, -0.1) is 0 Å². The Kier molecular flexibility index (Phi) is 3.63. The summed E-state index contributed by atoms with van der Waals surface area (Å²) >= 11 is 0. The summed E-state index contributed by atoms with van der Waals surface area (Å²) in [6.07, 6.45) is 1.89. The molecule has 16 heavy (non-hydrogen) atoms. The van der Waals surface area contributed by atoms with E-state index in [1.54, 1.807) is 6.92 Å². The zero-order chi connectivity index (χ0) is 12.1. The molecule has 0 saturated heterocycles. The van der Waals surface area contributed by atoms with Gasteiger partial charge in [0.05, 0.1) is 11.1 Å². The summed E-state index contributed by atoms with van der Waals surface area (Å²) in [6, 6.07) is 0. The monoisotopic (exact) mass is 223 g/mol. The lowest BCUT2D eigenvalue weighted by Crippen LogP contribution is -2.21. The van der Waals surface area contributed by atoms with Crippen molar-refractivity contribution in [3.05, 3.63) is 29.3 Å². The fourth-order valence-corrected chi connectivity index (χ4v) is 1.18. The van der Waals surface area contributed by atoms with Crippen molar-refractivity contribution in [3.8, 4) is 0 Å². The highest BCUT2D eigenvalue weighted by Gasteiger charge is 2.22. The molecule has 0 atom stereocenters. The van der Waals surface area contributed by atoms with Crippen molar-refractivity contribution in [2.75, 3.05) is 0 Å². The highest BCUT2D eigenvalue weighted by Crippen LogP contribution is 2.19. The summed E-state index contributed by atoms with van der Waals surface area (Å²) in [6.45, 7) is 1.59. The first-order valence-corrected chi connectivity index (χ1v) is 4.35. The van der Waals surface area contributed by atoms with Gasteiger partial charge in [-0.05, 0) is 6.92 Å². The summed E-state index contributed by atoms with van der Waals surface area (Å²) < 4.78 is 4.38. The van der Waals surface area contributed by atoms with Crippen molar-refractivity contribution in [2.45, 2.75) is 13.3 Å². The summed E-state index contributed by atoms with van der Waals surface area (Å²) in [5.41, 5.74) is 0.689. The van der Waals surface area contributed by atoms with E-state index in [0.29, 0.717) is 12.0 Å². The fourth-order valence-electron chi connectivity index (χ4n) is 1.18. The number of hydrogen-bond donors (Lipinski definition) is 2. The highest BCUT2D eigenvalue weighted by atomic mass is 16.5. The number of rotatable bonds is 3. The molecule has 1 rings (SSSR count). The molecule has 0 bridgehead atoms. The maximum atomic E-state index is 11.3. The molecule has 0 aromatic carbocycles. The van der Waals surface area contributed by atoms with Gasteiger partial charge in [0, 0.05) is 18.3 Å². The summed E-state index contributed by atoms with van der Waals surface area (Å²) in [7, 11) is 0. The van der Waals surface area contributed by atoms with E-state index in [1.807, 2.05) is 0 Å². The minimum absolute atomic E-state index is 0.0420. The second-order valence-electron chi connectivity index (χ2n) is 3.04. The van der Waals surface area contributed by atoms with Crippen LogP contribution in [0.15, 0.2) is 29.3 Å². The van der Waals surface area contributed by atoms with Crippen molar-refractivity contribution >= 4 is 17.9 Å². The standard InChI is InChI=1S/C10H9NO5/c1-6-8(9(13)14)4-7(5-11-6)10(15)16-3-2-12/h3,5,11H,4H2,1H3,(H,13,14). The summed E-state index contributed by atoms with van der Waals surface area (Å²) in [5.74, 6) is -0.592. The van der Waals surface area contributed by atoms with E-state index in [4.69, 9.17) is 5.11 Å². The molecule has 2 N–H and O–H groups in total. The van der Waals surface area contributed by atoms with Crippen LogP contribution in [0.1, 0.15) is 13.3 Å². The number of nitrogens with one attached hydrogen (secondary N) is 1. The third kappa shape index (κ3) is 2.59. The first-order valence-electron chi connectivity index (χ1n) is 4.35. The van der Waals surface area contributed by atoms with E-state index >= 15 is 0 Å². The minimum atomic E-state index is -1.10. The third-order valence-corrected chi connectivity index (χ3v) is 2.02. The maximum Gasteiger partial charge on any atom is 0.341 e. The third-order valence-electron chi connectivity index (χ3n) is 2.02. The molecule has 1 heterocycles. The van der Waals surface area contributed by atoms with E-state index in [1.165, 1.54) is 12.1 Å². The van der Waals surface area contributed by atoms with Crippen LogP contribution in [0.2, 0.25) is 0 Å². The van der Waals surface area contributed by atoms with Gasteiger partial charge in [0.15, 0.2) is 12.2 Å². The van der Waals surface area contributed by atoms with Crippen molar-refractivity contribution in [1.29, 1.82) is 0 Å². The van der Waals surface area contributed by atoms with Gasteiger partial charge in [0.2, 0.25) is 0 Å². The summed E-state index contributed by atoms with van der Waals surface area (Å²) in [5, 5.41) is 11.5. The van der Waals surface area contributed by atoms with E-state index in [-0.39, 0.29) is 17.6 Å². The molecule has 0 unspecified atom stereocenters. The number of aliphatic carboxylic acids is 1. The lowest BCUT2D eigenvalue weighted by atomic mass is 10.0. The van der Waals surface area contributed by atoms with Crippen LogP contribution in [-0.4, -0.2) is 23.0 Å². The lowest BCUT2D eigenvalue weighted by Gasteiger charge is -2.15. The Morgan fingerprint density at radius 2 is 2.31 bits per heavy atom. The molecule has 6 heteroatoms. The van der Waals surface area contributed by atoms with Gasteiger partial charge < -0.3 is 15.2 Å². The van der Waals surface area contributed by atoms with Crippen molar-refractivity contribution in [1.82, 2.24) is 5.32 Å². The molecule has 0 aliphatic carbocycles. The number of carboxylic acids is 1. The molecule has 6 nitrogen and oxygen atoms in total. The van der Waals surface area contributed by atoms with Gasteiger partial charge in [0.25, 0.3) is 0 Å². The molecule has 0 aromatic rings. The predicted molar refractivity (Wildman–Crippen MR) is 52.5 cm³/mol. The lowest BCUT2D eigenvalue weighted by molar-refractivity contribution is -0.133. The number of carbonyl (C=O) groups excluding carboxylic acids is 2. The van der Waals surface area contributed by atoms with Gasteiger partial charge in [-0.25, -0.2) is 14.4 Å². The molecular formula is C10H9NO5. The molecule has 0 amide bonds. The number of ether oxygens (including phenoxy) is 1. The van der Waals surface area contributed by atoms with Crippen LogP contribution < -0.4 is 5.32 Å². The molecule has 0 saturated carbocycles. The van der Waals surface area contributed by atoms with Crippen LogP contribution in [0.3, 0.4) is 0 Å². The Labute approximate surface area is 90.9 Å². The molecule has 0 fully saturated rings. The Balaban J connectivity index is 2.78. The summed E-state index contributed by atoms with van der Waals surface area (Å²) in [4.78, 5) is 31.9. The topological polar surface area (TPSA) is 92.7 Å². The quantitative estimate of drug-likeness (QED) is 0.401. The fraction of sp³-hybridized carbons (Fsp3) is 0.200. The molecule has 0 radical (unpaired) electrons. The van der Waals surface area contributed by atoms with Crippen molar-refractivity contribution < 1.29 is 24.2 Å². The first kappa shape index (κ1) is 11.7. The molecule has 1 aliphatic rings. The van der Waals surface area contributed by atoms with Crippen LogP contribution in [0.25, 0.3) is 0 Å². The first-order chi connectivity index (χ1) is 7.56. The number of dihydropyridines is 1. The second kappa shape index (κ2) is 4.95. The van der Waals surface area contributed by atoms with Gasteiger partial charge in [-0.2, -0.15) is 0 Å². The Hall–Kier alpha value is -2.33. The normalized spacial score (nSPS) is 14.4. The van der Waals surface area contributed by atoms with Gasteiger partial charge >= 0.3 is 11.9 Å². The zero-order valence-electron chi connectivity index (χ0n) is 8.44. The van der Waals surface area contributed by atoms with Gasteiger partial charge in [-0.1, -0.05) is 0 Å². The van der Waals surface area contributed by atoms with Crippen LogP contribution >= 0.6 is 0 Å². The smallest absolute Gasteiger partial charge is 0.341 e. The molecule has 1 aliphatic heterocycles. The average Bonchev–Trinajstić information content (AvgIpc) is 2.26. The maximum absolute atomic E-state index is 11.3. The molecule has 0 aromatic heterocycles. The van der Waals surface area contributed by atoms with Crippen LogP contribution in [0.4, 0.5) is 0 Å². The van der Waals surface area contributed by atoms with Gasteiger partial charge in [0.1, 0.15) is 0 Å². The largest absolute Gasteiger partial charge is 0.478 e. The van der Waals surface area contributed by atoms with E-state index in [9.17, 15) is 14.4 Å². The molecule has 84 valence electrons. The number of allylic oxidation sites excluding steroid dienone is 1. The van der Waals surface area contributed by atoms with Crippen LogP contribution in [0.5, 0.6) is 0 Å². The Bertz CT molecular complexity index is 440.